The highest BCUT2D eigenvalue weighted by atomic mass is 32.1. The summed E-state index contributed by atoms with van der Waals surface area (Å²) in [6.45, 7) is 1.09. The Kier molecular flexibility index (Phi) is 6.28. The molecule has 0 unspecified atom stereocenters. The smallest absolute Gasteiger partial charge is 0.335 e. The molecule has 34 heavy (non-hydrogen) atoms. The molecule has 0 fully saturated rings. The van der Waals surface area contributed by atoms with E-state index in [4.69, 9.17) is 0 Å². The van der Waals surface area contributed by atoms with Crippen LogP contribution < -0.4 is 10.5 Å². The van der Waals surface area contributed by atoms with Crippen molar-refractivity contribution in [3.63, 3.8) is 0 Å². The van der Waals surface area contributed by atoms with Gasteiger partial charge >= 0.3 is 11.9 Å². The fraction of sp³-hybridized carbons (Fsp3) is 0.174. The number of aliphatic carboxylic acids is 1. The summed E-state index contributed by atoms with van der Waals surface area (Å²) in [4.78, 5) is 60.3. The number of rotatable bonds is 8. The molecule has 3 heterocycles. The molecule has 10 nitrogen and oxygen atoms in total. The van der Waals surface area contributed by atoms with Crippen molar-refractivity contribution in [1.29, 1.82) is 0 Å². The Labute approximate surface area is 196 Å². The van der Waals surface area contributed by atoms with E-state index in [1.807, 2.05) is 0 Å². The van der Waals surface area contributed by atoms with Crippen molar-refractivity contribution in [2.45, 2.75) is 19.8 Å². The molecule has 1 amide bonds. The fourth-order valence-corrected chi connectivity index (χ4v) is 4.61. The summed E-state index contributed by atoms with van der Waals surface area (Å²) in [6, 6.07) is 8.98. The molecule has 0 aliphatic rings. The molecule has 0 bridgehead atoms. The first-order valence-corrected chi connectivity index (χ1v) is 11.1. The van der Waals surface area contributed by atoms with Gasteiger partial charge in [0.15, 0.2) is 0 Å². The number of carbonyl (C=O) groups excluding carboxylic acids is 1. The van der Waals surface area contributed by atoms with Crippen LogP contribution in [0.1, 0.15) is 36.3 Å². The average molecular weight is 481 g/mol. The molecule has 3 aromatic heterocycles. The molecule has 0 aliphatic heterocycles. The average Bonchev–Trinajstić information content (AvgIpc) is 3.42. The molecule has 0 radical (unpaired) electrons. The van der Waals surface area contributed by atoms with Gasteiger partial charge in [0.2, 0.25) is 0 Å². The maximum atomic E-state index is 13.1. The van der Waals surface area contributed by atoms with Crippen LogP contribution in [0.25, 0.3) is 11.0 Å². The quantitative estimate of drug-likeness (QED) is 0.302. The molecule has 1 aromatic carbocycles. The second-order valence-corrected chi connectivity index (χ2v) is 8.76. The zero-order valence-electron chi connectivity index (χ0n) is 18.0. The Morgan fingerprint density at radius 1 is 1.12 bits per heavy atom. The number of aromatic carboxylic acids is 1. The summed E-state index contributed by atoms with van der Waals surface area (Å²) in [5.74, 6) is -2.42. The SMILES string of the molecule is Cc1nc2[nH]cc(CCc3ccc(C(=O)N(CC(=O)O)c4cccc(C(=O)O)c4)s3)c2c(=O)[nH]1. The predicted molar refractivity (Wildman–Crippen MR) is 126 cm³/mol. The number of nitrogens with zero attached hydrogens (tertiary/aromatic N) is 2. The highest BCUT2D eigenvalue weighted by Crippen LogP contribution is 2.25. The lowest BCUT2D eigenvalue weighted by molar-refractivity contribution is -0.135. The first-order valence-electron chi connectivity index (χ1n) is 10.3. The number of anilines is 1. The highest BCUT2D eigenvalue weighted by Gasteiger charge is 2.23. The lowest BCUT2D eigenvalue weighted by Crippen LogP contribution is -2.35. The molecule has 4 N–H and O–H groups in total. The minimum atomic E-state index is -1.22. The molecule has 4 aromatic rings. The van der Waals surface area contributed by atoms with E-state index in [0.717, 1.165) is 15.3 Å². The van der Waals surface area contributed by atoms with Crippen LogP contribution in [0.3, 0.4) is 0 Å². The normalized spacial score (nSPS) is 11.0. The first-order chi connectivity index (χ1) is 16.2. The third-order valence-corrected chi connectivity index (χ3v) is 6.33. The van der Waals surface area contributed by atoms with Crippen LogP contribution in [0.5, 0.6) is 0 Å². The number of hydrogen-bond donors (Lipinski definition) is 4. The number of fused-ring (bicyclic) bond motifs is 1. The van der Waals surface area contributed by atoms with Crippen molar-refractivity contribution >= 4 is 45.9 Å². The van der Waals surface area contributed by atoms with E-state index in [1.165, 1.54) is 35.6 Å². The number of aromatic nitrogens is 3. The number of H-pyrrole nitrogens is 2. The Morgan fingerprint density at radius 2 is 1.91 bits per heavy atom. The summed E-state index contributed by atoms with van der Waals surface area (Å²) < 4.78 is 0. The van der Waals surface area contributed by atoms with Crippen LogP contribution in [0.4, 0.5) is 5.69 Å². The minimum Gasteiger partial charge on any atom is -0.480 e. The van der Waals surface area contributed by atoms with Gasteiger partial charge in [0.05, 0.1) is 15.8 Å². The maximum absolute atomic E-state index is 13.1. The van der Waals surface area contributed by atoms with Gasteiger partial charge in [-0.05, 0) is 55.7 Å². The largest absolute Gasteiger partial charge is 0.480 e. The van der Waals surface area contributed by atoms with Gasteiger partial charge < -0.3 is 20.2 Å². The number of thiophene rings is 1. The van der Waals surface area contributed by atoms with E-state index < -0.39 is 24.4 Å². The standard InChI is InChI=1S/C23H20N4O6S/c1-12-25-20-19(21(30)26-12)14(10-24-20)5-6-16-7-8-17(34-16)22(31)27(11-18(28)29)15-4-2-3-13(9-15)23(32)33/h2-4,7-10H,5-6,11H2,1H3,(H,28,29)(H,32,33)(H2,24,25,26,30). The number of hydrogen-bond acceptors (Lipinski definition) is 6. The number of benzene rings is 1. The van der Waals surface area contributed by atoms with Gasteiger partial charge in [-0.2, -0.15) is 0 Å². The van der Waals surface area contributed by atoms with Gasteiger partial charge in [-0.25, -0.2) is 9.78 Å². The van der Waals surface area contributed by atoms with Crippen molar-refractivity contribution in [1.82, 2.24) is 15.0 Å². The van der Waals surface area contributed by atoms with E-state index in [2.05, 4.69) is 15.0 Å². The van der Waals surface area contributed by atoms with Crippen LogP contribution in [0.2, 0.25) is 0 Å². The van der Waals surface area contributed by atoms with Gasteiger partial charge in [0, 0.05) is 16.8 Å². The molecule has 0 aliphatic carbocycles. The summed E-state index contributed by atoms with van der Waals surface area (Å²) in [5, 5.41) is 19.0. The summed E-state index contributed by atoms with van der Waals surface area (Å²) in [7, 11) is 0. The van der Waals surface area contributed by atoms with E-state index in [0.29, 0.717) is 34.6 Å². The monoisotopic (exact) mass is 480 g/mol. The lowest BCUT2D eigenvalue weighted by atomic mass is 10.1. The molecular weight excluding hydrogens is 460 g/mol. The van der Waals surface area contributed by atoms with Crippen LogP contribution in [0.15, 0.2) is 47.4 Å². The summed E-state index contributed by atoms with van der Waals surface area (Å²) in [5.41, 5.74) is 1.25. The van der Waals surface area contributed by atoms with Crippen LogP contribution in [-0.4, -0.2) is 49.6 Å². The number of amides is 1. The molecule has 11 heteroatoms. The number of aromatic amines is 2. The molecule has 0 spiro atoms. The third kappa shape index (κ3) is 4.74. The summed E-state index contributed by atoms with van der Waals surface area (Å²) in [6.07, 6.45) is 2.85. The predicted octanol–water partition coefficient (Wildman–Crippen LogP) is 2.84. The molecule has 0 saturated heterocycles. The van der Waals surface area contributed by atoms with Crippen LogP contribution in [0, 0.1) is 6.92 Å². The lowest BCUT2D eigenvalue weighted by Gasteiger charge is -2.20. The number of carbonyl (C=O) groups is 3. The first kappa shape index (κ1) is 22.9. The second-order valence-electron chi connectivity index (χ2n) is 7.60. The maximum Gasteiger partial charge on any atom is 0.335 e. The zero-order chi connectivity index (χ0) is 24.4. The van der Waals surface area contributed by atoms with Gasteiger partial charge in [-0.3, -0.25) is 19.3 Å². The second kappa shape index (κ2) is 9.32. The molecule has 0 saturated carbocycles. The highest BCUT2D eigenvalue weighted by molar-refractivity contribution is 7.14. The van der Waals surface area contributed by atoms with Crippen LogP contribution in [-0.2, 0) is 17.6 Å². The van der Waals surface area contributed by atoms with Crippen molar-refractivity contribution in [3.8, 4) is 0 Å². The molecular formula is C23H20N4O6S. The minimum absolute atomic E-state index is 0.0500. The number of carboxylic acids is 2. The van der Waals surface area contributed by atoms with Crippen LogP contribution >= 0.6 is 11.3 Å². The molecule has 0 atom stereocenters. The zero-order valence-corrected chi connectivity index (χ0v) is 18.8. The summed E-state index contributed by atoms with van der Waals surface area (Å²) >= 11 is 1.22. The molecule has 4 rings (SSSR count). The Bertz CT molecular complexity index is 1470. The van der Waals surface area contributed by atoms with E-state index in [1.54, 1.807) is 25.3 Å². The Hall–Kier alpha value is -4.25. The molecule has 174 valence electrons. The van der Waals surface area contributed by atoms with Crippen molar-refractivity contribution in [3.05, 3.63) is 79.7 Å². The topological polar surface area (TPSA) is 156 Å². The number of carboxylic acid groups (broad SMARTS) is 2. The van der Waals surface area contributed by atoms with E-state index in [-0.39, 0.29) is 16.8 Å². The van der Waals surface area contributed by atoms with Gasteiger partial charge in [-0.1, -0.05) is 6.07 Å². The Morgan fingerprint density at radius 3 is 2.65 bits per heavy atom. The van der Waals surface area contributed by atoms with E-state index in [9.17, 15) is 29.4 Å². The third-order valence-electron chi connectivity index (χ3n) is 5.20. The van der Waals surface area contributed by atoms with Gasteiger partial charge in [0.1, 0.15) is 18.0 Å². The van der Waals surface area contributed by atoms with Crippen molar-refractivity contribution < 1.29 is 24.6 Å². The Balaban J connectivity index is 1.54. The van der Waals surface area contributed by atoms with Crippen molar-refractivity contribution in [2.75, 3.05) is 11.4 Å². The number of nitrogens with one attached hydrogen (secondary N) is 2. The van der Waals surface area contributed by atoms with Gasteiger partial charge in [0.25, 0.3) is 11.5 Å². The van der Waals surface area contributed by atoms with Gasteiger partial charge in [-0.15, -0.1) is 11.3 Å². The van der Waals surface area contributed by atoms with Crippen molar-refractivity contribution in [2.24, 2.45) is 0 Å². The fourth-order valence-electron chi connectivity index (χ4n) is 3.65. The number of aryl methyl sites for hydroxylation is 3. The van der Waals surface area contributed by atoms with E-state index >= 15 is 0 Å².